The second kappa shape index (κ2) is 7.05. The molecule has 134 valence electrons. The molecule has 3 aromatic rings. The number of fused-ring (bicyclic) bond motifs is 3. The van der Waals surface area contributed by atoms with Crippen molar-refractivity contribution >= 4 is 33.3 Å². The standard InChI is InChI=1S/C21H22N2OS2/c1-4-11-25-21-22-19-18(16-10-7-14(3)12-17(16)26-19)20(24)23(21)15-8-5-13(2)6-9-15/h4-6,8-9,14H,1,7,10-12H2,2-3H3. The summed E-state index contributed by atoms with van der Waals surface area (Å²) in [6, 6.07) is 8.09. The molecule has 1 unspecified atom stereocenters. The SMILES string of the molecule is C=CCSc1nc2sc3c(c2c(=O)n1-c1ccc(C)cc1)CCC(C)C3. The third-order valence-electron chi connectivity index (χ3n) is 4.92. The van der Waals surface area contributed by atoms with E-state index in [1.165, 1.54) is 16.0 Å². The molecule has 0 radical (unpaired) electrons. The molecule has 0 fully saturated rings. The van der Waals surface area contributed by atoms with Gasteiger partial charge in [-0.3, -0.25) is 9.36 Å². The number of hydrogen-bond acceptors (Lipinski definition) is 4. The number of nitrogens with zero attached hydrogens (tertiary/aromatic N) is 2. The molecule has 0 saturated heterocycles. The molecule has 0 aliphatic heterocycles. The van der Waals surface area contributed by atoms with Crippen LogP contribution in [0.1, 0.15) is 29.3 Å². The van der Waals surface area contributed by atoms with Crippen molar-refractivity contribution in [3.8, 4) is 5.69 Å². The highest BCUT2D eigenvalue weighted by Crippen LogP contribution is 2.37. The molecule has 1 aliphatic carbocycles. The van der Waals surface area contributed by atoms with Crippen LogP contribution in [0.5, 0.6) is 0 Å². The number of rotatable bonds is 4. The molecule has 2 aromatic heterocycles. The second-order valence-corrected chi connectivity index (χ2v) is 9.07. The normalized spacial score (nSPS) is 16.6. The Labute approximate surface area is 161 Å². The summed E-state index contributed by atoms with van der Waals surface area (Å²) in [6.07, 6.45) is 5.05. The molecule has 0 N–H and O–H groups in total. The zero-order valence-electron chi connectivity index (χ0n) is 15.1. The van der Waals surface area contributed by atoms with E-state index in [2.05, 4.69) is 20.4 Å². The Morgan fingerprint density at radius 2 is 2.15 bits per heavy atom. The lowest BCUT2D eigenvalue weighted by Gasteiger charge is -2.17. The fourth-order valence-electron chi connectivity index (χ4n) is 3.52. The molecule has 1 aliphatic rings. The van der Waals surface area contributed by atoms with Crippen LogP contribution in [0.3, 0.4) is 0 Å². The maximum Gasteiger partial charge on any atom is 0.267 e. The van der Waals surface area contributed by atoms with Gasteiger partial charge in [0.25, 0.3) is 5.56 Å². The molecule has 3 nitrogen and oxygen atoms in total. The lowest BCUT2D eigenvalue weighted by atomic mass is 9.89. The molecular formula is C21H22N2OS2. The highest BCUT2D eigenvalue weighted by atomic mass is 32.2. The Balaban J connectivity index is 1.98. The number of benzene rings is 1. The van der Waals surface area contributed by atoms with Crippen LogP contribution in [-0.4, -0.2) is 15.3 Å². The third kappa shape index (κ3) is 3.03. The lowest BCUT2D eigenvalue weighted by molar-refractivity contribution is 0.509. The largest absolute Gasteiger partial charge is 0.268 e. The molecule has 1 atom stereocenters. The Morgan fingerprint density at radius 3 is 2.88 bits per heavy atom. The fraction of sp³-hybridized carbons (Fsp3) is 0.333. The van der Waals surface area contributed by atoms with E-state index in [-0.39, 0.29) is 5.56 Å². The molecule has 0 bridgehead atoms. The average Bonchev–Trinajstić information content (AvgIpc) is 2.98. The molecule has 26 heavy (non-hydrogen) atoms. The minimum Gasteiger partial charge on any atom is -0.268 e. The Morgan fingerprint density at radius 1 is 1.38 bits per heavy atom. The maximum atomic E-state index is 13.5. The summed E-state index contributed by atoms with van der Waals surface area (Å²) in [7, 11) is 0. The predicted octanol–water partition coefficient (Wildman–Crippen LogP) is 5.16. The van der Waals surface area contributed by atoms with Gasteiger partial charge in [-0.1, -0.05) is 42.5 Å². The van der Waals surface area contributed by atoms with Gasteiger partial charge in [0.15, 0.2) is 5.16 Å². The van der Waals surface area contributed by atoms with Gasteiger partial charge in [-0.15, -0.1) is 17.9 Å². The van der Waals surface area contributed by atoms with E-state index in [0.717, 1.165) is 46.1 Å². The van der Waals surface area contributed by atoms with E-state index in [1.807, 2.05) is 30.3 Å². The van der Waals surface area contributed by atoms with Crippen molar-refractivity contribution in [3.05, 3.63) is 63.3 Å². The number of hydrogen-bond donors (Lipinski definition) is 0. The number of thiophene rings is 1. The Kier molecular flexibility index (Phi) is 4.76. The first-order valence-corrected chi connectivity index (χ1v) is 10.8. The first kappa shape index (κ1) is 17.6. The van der Waals surface area contributed by atoms with Gasteiger partial charge >= 0.3 is 0 Å². The van der Waals surface area contributed by atoms with Crippen molar-refractivity contribution in [2.75, 3.05) is 5.75 Å². The molecule has 2 heterocycles. The zero-order valence-corrected chi connectivity index (χ0v) is 16.8. The summed E-state index contributed by atoms with van der Waals surface area (Å²) in [5.41, 5.74) is 3.36. The van der Waals surface area contributed by atoms with E-state index < -0.39 is 0 Å². The van der Waals surface area contributed by atoms with Crippen molar-refractivity contribution in [2.45, 2.75) is 38.3 Å². The number of thioether (sulfide) groups is 1. The van der Waals surface area contributed by atoms with Gasteiger partial charge in [-0.2, -0.15) is 0 Å². The van der Waals surface area contributed by atoms with Crippen molar-refractivity contribution < 1.29 is 0 Å². The molecule has 0 amide bonds. The maximum absolute atomic E-state index is 13.5. The van der Waals surface area contributed by atoms with Crippen LogP contribution in [-0.2, 0) is 12.8 Å². The van der Waals surface area contributed by atoms with Crippen LogP contribution in [0.4, 0.5) is 0 Å². The summed E-state index contributed by atoms with van der Waals surface area (Å²) < 4.78 is 1.78. The van der Waals surface area contributed by atoms with Crippen molar-refractivity contribution in [3.63, 3.8) is 0 Å². The van der Waals surface area contributed by atoms with Gasteiger partial charge in [0, 0.05) is 10.6 Å². The lowest BCUT2D eigenvalue weighted by Crippen LogP contribution is -2.22. The monoisotopic (exact) mass is 382 g/mol. The first-order chi connectivity index (χ1) is 12.6. The van der Waals surface area contributed by atoms with Gasteiger partial charge in [0.2, 0.25) is 0 Å². The summed E-state index contributed by atoms with van der Waals surface area (Å²) in [4.78, 5) is 20.6. The molecule has 0 saturated carbocycles. The van der Waals surface area contributed by atoms with E-state index in [4.69, 9.17) is 4.98 Å². The van der Waals surface area contributed by atoms with Gasteiger partial charge < -0.3 is 0 Å². The van der Waals surface area contributed by atoms with Gasteiger partial charge in [0.1, 0.15) is 4.83 Å². The van der Waals surface area contributed by atoms with Crippen LogP contribution in [0.2, 0.25) is 0 Å². The van der Waals surface area contributed by atoms with Crippen LogP contribution in [0.25, 0.3) is 15.9 Å². The van der Waals surface area contributed by atoms with Gasteiger partial charge in [-0.25, -0.2) is 4.98 Å². The zero-order chi connectivity index (χ0) is 18.3. The quantitative estimate of drug-likeness (QED) is 0.355. The number of aryl methyl sites for hydroxylation is 2. The summed E-state index contributed by atoms with van der Waals surface area (Å²) in [6.45, 7) is 8.14. The highest BCUT2D eigenvalue weighted by molar-refractivity contribution is 7.99. The molecule has 5 heteroatoms. The van der Waals surface area contributed by atoms with Crippen molar-refractivity contribution in [1.29, 1.82) is 0 Å². The minimum atomic E-state index is 0.0671. The van der Waals surface area contributed by atoms with E-state index in [1.54, 1.807) is 27.7 Å². The van der Waals surface area contributed by atoms with Gasteiger partial charge in [-0.05, 0) is 49.8 Å². The van der Waals surface area contributed by atoms with Crippen LogP contribution < -0.4 is 5.56 Å². The first-order valence-electron chi connectivity index (χ1n) is 8.96. The minimum absolute atomic E-state index is 0.0671. The van der Waals surface area contributed by atoms with E-state index in [0.29, 0.717) is 5.92 Å². The van der Waals surface area contributed by atoms with E-state index >= 15 is 0 Å². The summed E-state index contributed by atoms with van der Waals surface area (Å²) >= 11 is 3.27. The second-order valence-electron chi connectivity index (χ2n) is 7.00. The van der Waals surface area contributed by atoms with Crippen LogP contribution in [0, 0.1) is 12.8 Å². The molecule has 4 rings (SSSR count). The molecule has 1 aromatic carbocycles. The van der Waals surface area contributed by atoms with Crippen LogP contribution in [0.15, 0.2) is 46.9 Å². The fourth-order valence-corrected chi connectivity index (χ4v) is 5.69. The third-order valence-corrected chi connectivity index (χ3v) is 7.00. The number of aromatic nitrogens is 2. The predicted molar refractivity (Wildman–Crippen MR) is 112 cm³/mol. The average molecular weight is 383 g/mol. The highest BCUT2D eigenvalue weighted by Gasteiger charge is 2.25. The van der Waals surface area contributed by atoms with E-state index in [9.17, 15) is 4.79 Å². The van der Waals surface area contributed by atoms with Gasteiger partial charge in [0.05, 0.1) is 11.1 Å². The van der Waals surface area contributed by atoms with Crippen LogP contribution >= 0.6 is 23.1 Å². The topological polar surface area (TPSA) is 34.9 Å². The summed E-state index contributed by atoms with van der Waals surface area (Å²) in [5.74, 6) is 1.41. The molecular weight excluding hydrogens is 360 g/mol. The Hall–Kier alpha value is -1.85. The van der Waals surface area contributed by atoms with Crippen molar-refractivity contribution in [2.24, 2.45) is 5.92 Å². The Bertz CT molecular complexity index is 1030. The van der Waals surface area contributed by atoms with Crippen molar-refractivity contribution in [1.82, 2.24) is 9.55 Å². The smallest absolute Gasteiger partial charge is 0.267 e. The molecule has 0 spiro atoms. The summed E-state index contributed by atoms with van der Waals surface area (Å²) in [5, 5.41) is 1.58.